The predicted octanol–water partition coefficient (Wildman–Crippen LogP) is 3.45. The topological polar surface area (TPSA) is 15.3 Å². The fraction of sp³-hybridized carbons (Fsp3) is 0.500. The van der Waals surface area contributed by atoms with E-state index in [1.807, 2.05) is 18.2 Å². The van der Waals surface area contributed by atoms with Crippen molar-refractivity contribution in [3.63, 3.8) is 0 Å². The third-order valence-corrected chi connectivity index (χ3v) is 4.00. The van der Waals surface area contributed by atoms with E-state index in [1.54, 1.807) is 0 Å². The normalized spacial score (nSPS) is 16.6. The Kier molecular flexibility index (Phi) is 4.73. The molecule has 0 radical (unpaired) electrons. The molecule has 1 aliphatic rings. The zero-order valence-corrected chi connectivity index (χ0v) is 12.1. The summed E-state index contributed by atoms with van der Waals surface area (Å²) in [7, 11) is 0. The summed E-state index contributed by atoms with van der Waals surface area (Å²) in [5.74, 6) is 0. The molecule has 4 heteroatoms. The molecule has 2 rings (SSSR count). The highest BCUT2D eigenvalue weighted by Crippen LogP contribution is 2.22. The van der Waals surface area contributed by atoms with Crippen LogP contribution in [0.15, 0.2) is 18.2 Å². The molecular formula is C12H16ClIN2. The third-order valence-electron chi connectivity index (χ3n) is 2.87. The van der Waals surface area contributed by atoms with E-state index in [4.69, 9.17) is 11.6 Å². The molecule has 0 saturated carbocycles. The van der Waals surface area contributed by atoms with Crippen molar-refractivity contribution in [2.24, 2.45) is 0 Å². The molecule has 0 unspecified atom stereocenters. The van der Waals surface area contributed by atoms with Crippen LogP contribution in [0.2, 0.25) is 5.02 Å². The van der Waals surface area contributed by atoms with Crippen LogP contribution >= 0.6 is 34.2 Å². The van der Waals surface area contributed by atoms with Gasteiger partial charge in [-0.05, 0) is 66.7 Å². The number of benzene rings is 1. The molecule has 16 heavy (non-hydrogen) atoms. The molecule has 0 atom stereocenters. The van der Waals surface area contributed by atoms with Gasteiger partial charge < -0.3 is 10.2 Å². The van der Waals surface area contributed by atoms with Gasteiger partial charge in [0, 0.05) is 27.4 Å². The van der Waals surface area contributed by atoms with Gasteiger partial charge >= 0.3 is 0 Å². The summed E-state index contributed by atoms with van der Waals surface area (Å²) >= 11 is 8.23. The van der Waals surface area contributed by atoms with Gasteiger partial charge in [0.1, 0.15) is 0 Å². The van der Waals surface area contributed by atoms with Crippen LogP contribution in [0.4, 0.5) is 5.69 Å². The Bertz CT molecular complexity index is 351. The van der Waals surface area contributed by atoms with Gasteiger partial charge in [-0.2, -0.15) is 0 Å². The zero-order valence-electron chi connectivity index (χ0n) is 9.18. The van der Waals surface area contributed by atoms with E-state index in [1.165, 1.54) is 35.2 Å². The Balaban J connectivity index is 1.80. The van der Waals surface area contributed by atoms with Gasteiger partial charge in [-0.3, -0.25) is 0 Å². The lowest BCUT2D eigenvalue weighted by Crippen LogP contribution is -2.26. The van der Waals surface area contributed by atoms with E-state index >= 15 is 0 Å². The first-order chi connectivity index (χ1) is 7.75. The first-order valence-corrected chi connectivity index (χ1v) is 7.12. The minimum absolute atomic E-state index is 0.800. The molecule has 1 N–H and O–H groups in total. The lowest BCUT2D eigenvalue weighted by Gasteiger charge is -2.16. The number of hydrogen-bond donors (Lipinski definition) is 1. The maximum absolute atomic E-state index is 5.91. The number of anilines is 1. The number of rotatable bonds is 4. The minimum atomic E-state index is 0.800. The standard InChI is InChI=1S/C12H16ClIN2/c13-10-3-4-12(11(14)9-10)15-5-8-16-6-1-2-7-16/h3-4,9,15H,1-2,5-8H2. The Hall–Kier alpha value is -0.000000000000000111. The second-order valence-corrected chi connectivity index (χ2v) is 5.70. The Morgan fingerprint density at radius 1 is 1.31 bits per heavy atom. The molecular weight excluding hydrogens is 335 g/mol. The molecule has 1 fully saturated rings. The van der Waals surface area contributed by atoms with Crippen LogP contribution in [0.5, 0.6) is 0 Å². The van der Waals surface area contributed by atoms with Gasteiger partial charge in [-0.25, -0.2) is 0 Å². The lowest BCUT2D eigenvalue weighted by molar-refractivity contribution is 0.352. The number of nitrogens with zero attached hydrogens (tertiary/aromatic N) is 1. The maximum Gasteiger partial charge on any atom is 0.0477 e. The van der Waals surface area contributed by atoms with E-state index in [-0.39, 0.29) is 0 Å². The van der Waals surface area contributed by atoms with E-state index in [2.05, 4.69) is 32.8 Å². The van der Waals surface area contributed by atoms with Gasteiger partial charge in [-0.1, -0.05) is 11.6 Å². The lowest BCUT2D eigenvalue weighted by atomic mass is 10.3. The summed E-state index contributed by atoms with van der Waals surface area (Å²) in [6.07, 6.45) is 2.72. The second kappa shape index (κ2) is 6.07. The Morgan fingerprint density at radius 2 is 2.06 bits per heavy atom. The van der Waals surface area contributed by atoms with Crippen LogP contribution in [0.1, 0.15) is 12.8 Å². The molecule has 1 heterocycles. The molecule has 1 saturated heterocycles. The average Bonchev–Trinajstić information content (AvgIpc) is 2.74. The molecule has 0 amide bonds. The minimum Gasteiger partial charge on any atom is -0.383 e. The van der Waals surface area contributed by atoms with E-state index in [0.29, 0.717) is 0 Å². The summed E-state index contributed by atoms with van der Waals surface area (Å²) in [4.78, 5) is 2.51. The fourth-order valence-corrected chi connectivity index (χ4v) is 3.05. The van der Waals surface area contributed by atoms with E-state index < -0.39 is 0 Å². The van der Waals surface area contributed by atoms with Crippen molar-refractivity contribution in [2.45, 2.75) is 12.8 Å². The molecule has 0 bridgehead atoms. The summed E-state index contributed by atoms with van der Waals surface area (Å²) in [6, 6.07) is 5.97. The highest BCUT2D eigenvalue weighted by molar-refractivity contribution is 14.1. The van der Waals surface area contributed by atoms with Crippen molar-refractivity contribution >= 4 is 39.9 Å². The van der Waals surface area contributed by atoms with Gasteiger partial charge in [0.2, 0.25) is 0 Å². The van der Waals surface area contributed by atoms with E-state index in [9.17, 15) is 0 Å². The first-order valence-electron chi connectivity index (χ1n) is 5.67. The molecule has 1 aromatic rings. The molecule has 0 aromatic heterocycles. The highest BCUT2D eigenvalue weighted by Gasteiger charge is 2.10. The number of nitrogens with one attached hydrogen (secondary N) is 1. The number of hydrogen-bond acceptors (Lipinski definition) is 2. The van der Waals surface area contributed by atoms with Gasteiger partial charge in [-0.15, -0.1) is 0 Å². The monoisotopic (exact) mass is 350 g/mol. The number of likely N-dealkylation sites (tertiary alicyclic amines) is 1. The van der Waals surface area contributed by atoms with Crippen molar-refractivity contribution in [3.8, 4) is 0 Å². The Morgan fingerprint density at radius 3 is 2.75 bits per heavy atom. The molecule has 88 valence electrons. The van der Waals surface area contributed by atoms with Gasteiger partial charge in [0.25, 0.3) is 0 Å². The van der Waals surface area contributed by atoms with Crippen LogP contribution in [0, 0.1) is 3.57 Å². The van der Waals surface area contributed by atoms with Crippen LogP contribution in [-0.2, 0) is 0 Å². The van der Waals surface area contributed by atoms with Gasteiger partial charge in [0.15, 0.2) is 0 Å². The van der Waals surface area contributed by atoms with Gasteiger partial charge in [0.05, 0.1) is 0 Å². The molecule has 1 aromatic carbocycles. The quantitative estimate of drug-likeness (QED) is 0.837. The Labute approximate surface area is 115 Å². The second-order valence-electron chi connectivity index (χ2n) is 4.10. The summed E-state index contributed by atoms with van der Waals surface area (Å²) < 4.78 is 1.19. The summed E-state index contributed by atoms with van der Waals surface area (Å²) in [6.45, 7) is 4.68. The average molecular weight is 351 g/mol. The SMILES string of the molecule is Clc1ccc(NCCN2CCCC2)c(I)c1. The molecule has 0 spiro atoms. The molecule has 1 aliphatic heterocycles. The maximum atomic E-state index is 5.91. The van der Waals surface area contributed by atoms with Crippen LogP contribution in [-0.4, -0.2) is 31.1 Å². The fourth-order valence-electron chi connectivity index (χ4n) is 1.99. The zero-order chi connectivity index (χ0) is 11.4. The molecule has 0 aliphatic carbocycles. The molecule has 2 nitrogen and oxygen atoms in total. The van der Waals surface area contributed by atoms with Crippen molar-refractivity contribution in [2.75, 3.05) is 31.5 Å². The van der Waals surface area contributed by atoms with Crippen LogP contribution in [0.25, 0.3) is 0 Å². The van der Waals surface area contributed by atoms with Crippen LogP contribution in [0.3, 0.4) is 0 Å². The van der Waals surface area contributed by atoms with Crippen molar-refractivity contribution in [3.05, 3.63) is 26.8 Å². The van der Waals surface area contributed by atoms with Crippen molar-refractivity contribution in [1.82, 2.24) is 4.90 Å². The predicted molar refractivity (Wildman–Crippen MR) is 78.3 cm³/mol. The van der Waals surface area contributed by atoms with Crippen molar-refractivity contribution in [1.29, 1.82) is 0 Å². The number of halogens is 2. The van der Waals surface area contributed by atoms with E-state index in [0.717, 1.165) is 18.1 Å². The smallest absolute Gasteiger partial charge is 0.0477 e. The first kappa shape index (κ1) is 12.5. The largest absolute Gasteiger partial charge is 0.383 e. The summed E-state index contributed by atoms with van der Waals surface area (Å²) in [5, 5.41) is 4.26. The van der Waals surface area contributed by atoms with Crippen LogP contribution < -0.4 is 5.32 Å². The van der Waals surface area contributed by atoms with Crippen molar-refractivity contribution < 1.29 is 0 Å². The third kappa shape index (κ3) is 3.50. The summed E-state index contributed by atoms with van der Waals surface area (Å²) in [5.41, 5.74) is 1.18. The highest BCUT2D eigenvalue weighted by atomic mass is 127.